The molecule has 0 radical (unpaired) electrons. The van der Waals surface area contributed by atoms with Gasteiger partial charge in [-0.2, -0.15) is 21.6 Å². The van der Waals surface area contributed by atoms with E-state index in [2.05, 4.69) is 4.18 Å². The molecular formula is C16H17F3O6S. The highest BCUT2D eigenvalue weighted by atomic mass is 32.2. The van der Waals surface area contributed by atoms with Crippen molar-refractivity contribution >= 4 is 22.0 Å². The molecule has 26 heavy (non-hydrogen) atoms. The van der Waals surface area contributed by atoms with Gasteiger partial charge in [0.05, 0.1) is 0 Å². The second-order valence-corrected chi connectivity index (χ2v) is 8.01. The van der Waals surface area contributed by atoms with E-state index in [0.717, 1.165) is 0 Å². The molecule has 6 nitrogen and oxygen atoms in total. The number of hydrogen-bond acceptors (Lipinski definition) is 6. The Balaban J connectivity index is 2.27. The standard InChI is InChI=1S/C16H17F3O6S/c1-15(2,3)24-14(20)23-11-8-7-10-5-4-6-13(12(10)9-11)25-26(21,22)16(17,18)19/h6-9H,4-5H2,1-3H3. The largest absolute Gasteiger partial charge is 0.534 e. The Bertz CT molecular complexity index is 835. The molecule has 1 aromatic rings. The molecule has 1 aliphatic carbocycles. The number of hydrogen-bond donors (Lipinski definition) is 0. The Labute approximate surface area is 148 Å². The van der Waals surface area contributed by atoms with E-state index in [9.17, 15) is 26.4 Å². The van der Waals surface area contributed by atoms with Gasteiger partial charge in [-0.05, 0) is 57.4 Å². The van der Waals surface area contributed by atoms with Crippen LogP contribution in [0.25, 0.3) is 5.76 Å². The lowest BCUT2D eigenvalue weighted by molar-refractivity contribution is -0.0509. The molecule has 0 unspecified atom stereocenters. The molecule has 1 aliphatic rings. The van der Waals surface area contributed by atoms with Crippen molar-refractivity contribution in [3.8, 4) is 5.75 Å². The number of aryl methyl sites for hydroxylation is 1. The first-order valence-electron chi connectivity index (χ1n) is 7.53. The highest BCUT2D eigenvalue weighted by Crippen LogP contribution is 2.35. The van der Waals surface area contributed by atoms with Crippen LogP contribution in [0.15, 0.2) is 24.3 Å². The van der Waals surface area contributed by atoms with Crippen molar-refractivity contribution in [3.63, 3.8) is 0 Å². The highest BCUT2D eigenvalue weighted by molar-refractivity contribution is 7.87. The van der Waals surface area contributed by atoms with Gasteiger partial charge in [-0.25, -0.2) is 4.79 Å². The summed E-state index contributed by atoms with van der Waals surface area (Å²) in [5, 5.41) is 0. The quantitative estimate of drug-likeness (QED) is 0.332. The predicted octanol–water partition coefficient (Wildman–Crippen LogP) is 4.15. The Kier molecular flexibility index (Phi) is 5.27. The van der Waals surface area contributed by atoms with Gasteiger partial charge in [-0.3, -0.25) is 0 Å². The van der Waals surface area contributed by atoms with Gasteiger partial charge in [0.25, 0.3) is 0 Å². The van der Waals surface area contributed by atoms with E-state index in [1.54, 1.807) is 20.8 Å². The summed E-state index contributed by atoms with van der Waals surface area (Å²) >= 11 is 0. The van der Waals surface area contributed by atoms with E-state index in [-0.39, 0.29) is 11.3 Å². The van der Waals surface area contributed by atoms with Crippen LogP contribution >= 0.6 is 0 Å². The minimum Gasteiger partial charge on any atom is -0.428 e. The number of halogens is 3. The molecule has 2 rings (SSSR count). The summed E-state index contributed by atoms with van der Waals surface area (Å²) in [6.07, 6.45) is 1.02. The van der Waals surface area contributed by atoms with Crippen LogP contribution in [0.3, 0.4) is 0 Å². The Morgan fingerprint density at radius 2 is 1.81 bits per heavy atom. The van der Waals surface area contributed by atoms with Crippen molar-refractivity contribution in [1.82, 2.24) is 0 Å². The van der Waals surface area contributed by atoms with Gasteiger partial charge in [0.2, 0.25) is 0 Å². The number of rotatable bonds is 3. The Hall–Kier alpha value is -2.23. The molecule has 0 heterocycles. The molecule has 0 saturated heterocycles. The summed E-state index contributed by atoms with van der Waals surface area (Å²) in [4.78, 5) is 11.7. The van der Waals surface area contributed by atoms with E-state index in [0.29, 0.717) is 18.4 Å². The summed E-state index contributed by atoms with van der Waals surface area (Å²) < 4.78 is 74.4. The van der Waals surface area contributed by atoms with Crippen molar-refractivity contribution in [2.75, 3.05) is 0 Å². The molecule has 0 atom stereocenters. The fourth-order valence-corrected chi connectivity index (χ4v) is 2.64. The van der Waals surface area contributed by atoms with Gasteiger partial charge < -0.3 is 13.7 Å². The van der Waals surface area contributed by atoms with Crippen LogP contribution in [-0.4, -0.2) is 25.7 Å². The minimum absolute atomic E-state index is 0.0150. The molecule has 0 aromatic heterocycles. The lowest BCUT2D eigenvalue weighted by Crippen LogP contribution is -2.26. The number of alkyl halides is 3. The number of carbonyl (C=O) groups excluding carboxylic acids is 1. The van der Waals surface area contributed by atoms with E-state index in [1.807, 2.05) is 0 Å². The molecule has 0 saturated carbocycles. The maximum atomic E-state index is 12.5. The average molecular weight is 394 g/mol. The number of fused-ring (bicyclic) bond motifs is 1. The third-order valence-electron chi connectivity index (χ3n) is 3.16. The van der Waals surface area contributed by atoms with Crippen molar-refractivity contribution in [1.29, 1.82) is 0 Å². The van der Waals surface area contributed by atoms with Crippen molar-refractivity contribution in [3.05, 3.63) is 35.4 Å². The van der Waals surface area contributed by atoms with Gasteiger partial charge in [-0.1, -0.05) is 6.07 Å². The SMILES string of the molecule is CC(C)(C)OC(=O)Oc1ccc2c(c1)C(OS(=O)(=O)C(F)(F)F)=CCC2. The monoisotopic (exact) mass is 394 g/mol. The van der Waals surface area contributed by atoms with E-state index in [1.165, 1.54) is 24.3 Å². The summed E-state index contributed by atoms with van der Waals surface area (Å²) in [7, 11) is -5.80. The second kappa shape index (κ2) is 6.82. The fourth-order valence-electron chi connectivity index (χ4n) is 2.15. The Morgan fingerprint density at radius 3 is 2.38 bits per heavy atom. The highest BCUT2D eigenvalue weighted by Gasteiger charge is 2.49. The molecule has 0 aliphatic heterocycles. The van der Waals surface area contributed by atoms with E-state index >= 15 is 0 Å². The lowest BCUT2D eigenvalue weighted by Gasteiger charge is -2.21. The number of ether oxygens (including phenoxy) is 2. The van der Waals surface area contributed by atoms with Gasteiger partial charge >= 0.3 is 21.8 Å². The van der Waals surface area contributed by atoms with Crippen molar-refractivity contribution in [2.24, 2.45) is 0 Å². The molecule has 1 aromatic carbocycles. The molecule has 0 fully saturated rings. The van der Waals surface area contributed by atoms with Crippen LogP contribution in [0.1, 0.15) is 38.3 Å². The molecular weight excluding hydrogens is 377 g/mol. The van der Waals surface area contributed by atoms with Crippen LogP contribution < -0.4 is 4.74 Å². The number of allylic oxidation sites excluding steroid dienone is 1. The van der Waals surface area contributed by atoms with Crippen LogP contribution in [-0.2, 0) is 25.5 Å². The zero-order valence-corrected chi connectivity index (χ0v) is 15.0. The summed E-state index contributed by atoms with van der Waals surface area (Å²) in [6, 6.07) is 4.19. The van der Waals surface area contributed by atoms with Crippen molar-refractivity contribution in [2.45, 2.75) is 44.7 Å². The van der Waals surface area contributed by atoms with E-state index < -0.39 is 33.1 Å². The van der Waals surface area contributed by atoms with Gasteiger partial charge in [-0.15, -0.1) is 0 Å². The summed E-state index contributed by atoms with van der Waals surface area (Å²) in [5.41, 5.74) is -5.67. The third-order valence-corrected chi connectivity index (χ3v) is 4.13. The fraction of sp³-hybridized carbons (Fsp3) is 0.438. The average Bonchev–Trinajstić information content (AvgIpc) is 2.44. The first-order chi connectivity index (χ1) is 11.8. The van der Waals surface area contributed by atoms with Gasteiger partial charge in [0.15, 0.2) is 0 Å². The zero-order chi connectivity index (χ0) is 19.8. The van der Waals surface area contributed by atoms with Crippen LogP contribution in [0.5, 0.6) is 5.75 Å². The second-order valence-electron chi connectivity index (χ2n) is 6.48. The van der Waals surface area contributed by atoms with Crippen LogP contribution in [0.4, 0.5) is 18.0 Å². The lowest BCUT2D eigenvalue weighted by atomic mass is 9.96. The first kappa shape index (κ1) is 20.1. The number of carbonyl (C=O) groups is 1. The molecule has 0 spiro atoms. The van der Waals surface area contributed by atoms with E-state index in [4.69, 9.17) is 9.47 Å². The maximum Gasteiger partial charge on any atom is 0.534 e. The molecule has 0 bridgehead atoms. The van der Waals surface area contributed by atoms with Crippen LogP contribution in [0, 0.1) is 0 Å². The molecule has 10 heteroatoms. The maximum absolute atomic E-state index is 12.5. The third kappa shape index (κ3) is 4.90. The Morgan fingerprint density at radius 1 is 1.15 bits per heavy atom. The normalized spacial score (nSPS) is 14.9. The minimum atomic E-state index is -5.80. The topological polar surface area (TPSA) is 78.9 Å². The molecule has 0 N–H and O–H groups in total. The van der Waals surface area contributed by atoms with Crippen LogP contribution in [0.2, 0.25) is 0 Å². The number of benzene rings is 1. The van der Waals surface area contributed by atoms with Crippen molar-refractivity contribution < 1.29 is 40.0 Å². The molecule has 0 amide bonds. The first-order valence-corrected chi connectivity index (χ1v) is 8.94. The van der Waals surface area contributed by atoms with Gasteiger partial charge in [0, 0.05) is 5.56 Å². The summed E-state index contributed by atoms with van der Waals surface area (Å²) in [6.45, 7) is 4.91. The zero-order valence-electron chi connectivity index (χ0n) is 14.2. The van der Waals surface area contributed by atoms with Gasteiger partial charge in [0.1, 0.15) is 17.1 Å². The summed E-state index contributed by atoms with van der Waals surface area (Å²) in [5.74, 6) is -0.475. The molecule has 144 valence electrons. The predicted molar refractivity (Wildman–Crippen MR) is 85.7 cm³/mol. The smallest absolute Gasteiger partial charge is 0.428 e.